The number of piperidine rings is 1. The highest BCUT2D eigenvalue weighted by Gasteiger charge is 2.40. The van der Waals surface area contributed by atoms with Crippen LogP contribution in [-0.2, 0) is 4.74 Å². The maximum absolute atomic E-state index is 13.9. The van der Waals surface area contributed by atoms with Gasteiger partial charge in [0.1, 0.15) is 23.1 Å². The van der Waals surface area contributed by atoms with Crippen LogP contribution in [0.4, 0.5) is 19.3 Å². The summed E-state index contributed by atoms with van der Waals surface area (Å²) in [6, 6.07) is 1.99. The Hall–Kier alpha value is -2.38. The normalized spacial score (nSPS) is 18.9. The molecule has 2 aliphatic heterocycles. The monoisotopic (exact) mass is 324 g/mol. The predicted octanol–water partition coefficient (Wildman–Crippen LogP) is 2.04. The summed E-state index contributed by atoms with van der Waals surface area (Å²) in [6.07, 6.45) is 0.585. The number of nitrogens with zero attached hydrogens (tertiary/aromatic N) is 2. The van der Waals surface area contributed by atoms with Gasteiger partial charge in [0.2, 0.25) is 0 Å². The van der Waals surface area contributed by atoms with Crippen molar-refractivity contribution in [1.82, 2.24) is 4.90 Å². The Bertz CT molecular complexity index is 670. The molecule has 0 aromatic heterocycles. The average Bonchev–Trinajstić information content (AvgIpc) is 2.46. The minimum Gasteiger partial charge on any atom is -0.450 e. The van der Waals surface area contributed by atoms with Crippen LogP contribution in [0.1, 0.15) is 25.3 Å². The first-order valence-electron chi connectivity index (χ1n) is 7.49. The second-order valence-corrected chi connectivity index (χ2v) is 5.65. The van der Waals surface area contributed by atoms with Crippen LogP contribution in [0.15, 0.2) is 17.1 Å². The van der Waals surface area contributed by atoms with Gasteiger partial charge in [-0.3, -0.25) is 0 Å². The fraction of sp³-hybridized carbons (Fsp3) is 0.467. The molecular formula is C15H18F2N4O2. The van der Waals surface area contributed by atoms with E-state index in [0.29, 0.717) is 38.2 Å². The predicted molar refractivity (Wildman–Crippen MR) is 81.3 cm³/mol. The Morgan fingerprint density at radius 3 is 2.78 bits per heavy atom. The van der Waals surface area contributed by atoms with E-state index in [1.807, 2.05) is 0 Å². The smallest absolute Gasteiger partial charge is 0.409 e. The van der Waals surface area contributed by atoms with Crippen LogP contribution in [0, 0.1) is 11.6 Å². The first kappa shape index (κ1) is 15.5. The van der Waals surface area contributed by atoms with Gasteiger partial charge in [-0.15, -0.1) is 0 Å². The van der Waals surface area contributed by atoms with Crippen molar-refractivity contribution in [2.75, 3.05) is 25.0 Å². The van der Waals surface area contributed by atoms with E-state index in [1.54, 1.807) is 11.8 Å². The van der Waals surface area contributed by atoms with Crippen molar-refractivity contribution >= 4 is 17.6 Å². The van der Waals surface area contributed by atoms with E-state index in [0.717, 1.165) is 6.07 Å². The highest BCUT2D eigenvalue weighted by atomic mass is 19.1. The number of anilines is 1. The molecule has 2 heterocycles. The summed E-state index contributed by atoms with van der Waals surface area (Å²) < 4.78 is 32.3. The van der Waals surface area contributed by atoms with Crippen molar-refractivity contribution in [2.24, 2.45) is 10.7 Å². The molecule has 1 aromatic rings. The third-order valence-corrected chi connectivity index (χ3v) is 4.13. The highest BCUT2D eigenvalue weighted by molar-refractivity contribution is 6.04. The molecule has 1 spiro atoms. The number of rotatable bonds is 1. The van der Waals surface area contributed by atoms with Crippen LogP contribution in [0.5, 0.6) is 0 Å². The Balaban J connectivity index is 1.82. The van der Waals surface area contributed by atoms with Crippen molar-refractivity contribution in [3.05, 3.63) is 29.3 Å². The van der Waals surface area contributed by atoms with Crippen molar-refractivity contribution in [3.63, 3.8) is 0 Å². The summed E-state index contributed by atoms with van der Waals surface area (Å²) in [5.74, 6) is -1.38. The Morgan fingerprint density at radius 2 is 2.13 bits per heavy atom. The summed E-state index contributed by atoms with van der Waals surface area (Å²) in [5.41, 5.74) is 5.52. The lowest BCUT2D eigenvalue weighted by Gasteiger charge is -2.42. The molecule has 8 heteroatoms. The number of nitrogens with one attached hydrogen (secondary N) is 1. The molecule has 0 atom stereocenters. The SMILES string of the molecule is CCOC(=O)N1CCC2(CC1)N=C(N)c1c(F)cc(F)cc1N2. The number of fused-ring (bicyclic) bond motifs is 1. The van der Waals surface area contributed by atoms with Gasteiger partial charge in [-0.05, 0) is 13.0 Å². The van der Waals surface area contributed by atoms with Gasteiger partial charge in [0.15, 0.2) is 0 Å². The second-order valence-electron chi connectivity index (χ2n) is 5.65. The molecule has 1 fully saturated rings. The van der Waals surface area contributed by atoms with Gasteiger partial charge >= 0.3 is 6.09 Å². The molecule has 0 saturated carbocycles. The summed E-state index contributed by atoms with van der Waals surface area (Å²) in [7, 11) is 0. The minimum atomic E-state index is -0.750. The molecule has 1 amide bonds. The van der Waals surface area contributed by atoms with Crippen molar-refractivity contribution < 1.29 is 18.3 Å². The molecule has 124 valence electrons. The van der Waals surface area contributed by atoms with E-state index in [1.165, 1.54) is 6.07 Å². The minimum absolute atomic E-state index is 0.0424. The lowest BCUT2D eigenvalue weighted by atomic mass is 9.94. The molecule has 0 bridgehead atoms. The molecule has 6 nitrogen and oxygen atoms in total. The number of amides is 1. The first-order valence-corrected chi connectivity index (χ1v) is 7.49. The number of benzene rings is 1. The number of halogens is 2. The fourth-order valence-electron chi connectivity index (χ4n) is 3.01. The number of nitrogens with two attached hydrogens (primary N) is 1. The van der Waals surface area contributed by atoms with E-state index in [2.05, 4.69) is 10.3 Å². The number of hydrogen-bond acceptors (Lipinski definition) is 5. The molecule has 0 radical (unpaired) electrons. The molecule has 3 N–H and O–H groups in total. The Labute approximate surface area is 132 Å². The number of amidine groups is 1. The van der Waals surface area contributed by atoms with Crippen molar-refractivity contribution in [1.29, 1.82) is 0 Å². The topological polar surface area (TPSA) is 80.0 Å². The van der Waals surface area contributed by atoms with Crippen molar-refractivity contribution in [3.8, 4) is 0 Å². The summed E-state index contributed by atoms with van der Waals surface area (Å²) in [6.45, 7) is 2.91. The quantitative estimate of drug-likeness (QED) is 0.828. The molecule has 0 aliphatic carbocycles. The third-order valence-electron chi connectivity index (χ3n) is 4.13. The van der Waals surface area contributed by atoms with Gasteiger partial charge in [0.25, 0.3) is 0 Å². The maximum Gasteiger partial charge on any atom is 0.409 e. The summed E-state index contributed by atoms with van der Waals surface area (Å²) >= 11 is 0. The number of carbonyl (C=O) groups excluding carboxylic acids is 1. The van der Waals surface area contributed by atoms with Crippen LogP contribution >= 0.6 is 0 Å². The molecule has 3 rings (SSSR count). The number of likely N-dealkylation sites (tertiary alicyclic amines) is 1. The number of hydrogen-bond donors (Lipinski definition) is 2. The van der Waals surface area contributed by atoms with E-state index in [4.69, 9.17) is 10.5 Å². The van der Waals surface area contributed by atoms with Crippen LogP contribution in [0.3, 0.4) is 0 Å². The van der Waals surface area contributed by atoms with Gasteiger partial charge in [-0.1, -0.05) is 0 Å². The van der Waals surface area contributed by atoms with Gasteiger partial charge in [0, 0.05) is 32.0 Å². The fourth-order valence-corrected chi connectivity index (χ4v) is 3.01. The number of ether oxygens (including phenoxy) is 1. The summed E-state index contributed by atoms with van der Waals surface area (Å²) in [5, 5.41) is 3.09. The zero-order valence-corrected chi connectivity index (χ0v) is 12.7. The van der Waals surface area contributed by atoms with Gasteiger partial charge in [-0.2, -0.15) is 0 Å². The second kappa shape index (κ2) is 5.68. The highest BCUT2D eigenvalue weighted by Crippen LogP contribution is 2.35. The molecule has 1 saturated heterocycles. The van der Waals surface area contributed by atoms with Crippen LogP contribution in [0.25, 0.3) is 0 Å². The van der Waals surface area contributed by atoms with Crippen molar-refractivity contribution in [2.45, 2.75) is 25.4 Å². The summed E-state index contributed by atoms with van der Waals surface area (Å²) in [4.78, 5) is 17.7. The molecule has 1 aromatic carbocycles. The first-order chi connectivity index (χ1) is 10.9. The molecule has 23 heavy (non-hydrogen) atoms. The number of aliphatic imine (C=N–C) groups is 1. The van der Waals surface area contributed by atoms with Gasteiger partial charge in [-0.25, -0.2) is 18.6 Å². The van der Waals surface area contributed by atoms with Crippen LogP contribution in [-0.4, -0.2) is 42.2 Å². The Morgan fingerprint density at radius 1 is 1.43 bits per heavy atom. The molecular weight excluding hydrogens is 306 g/mol. The largest absolute Gasteiger partial charge is 0.450 e. The lowest BCUT2D eigenvalue weighted by molar-refractivity contribution is 0.0906. The average molecular weight is 324 g/mol. The standard InChI is InChI=1S/C15H18F2N4O2/c1-2-23-14(22)21-5-3-15(4-6-21)19-11-8-9(16)7-10(17)12(11)13(18)20-15/h7-8,19H,2-6H2,1H3,(H2,18,20). The van der Waals surface area contributed by atoms with Gasteiger partial charge in [0.05, 0.1) is 17.9 Å². The Kier molecular flexibility index (Phi) is 3.83. The third kappa shape index (κ3) is 2.80. The number of carbonyl (C=O) groups is 1. The van der Waals surface area contributed by atoms with E-state index in [9.17, 15) is 13.6 Å². The zero-order valence-electron chi connectivity index (χ0n) is 12.7. The zero-order chi connectivity index (χ0) is 16.6. The lowest BCUT2D eigenvalue weighted by Crippen LogP contribution is -2.52. The van der Waals surface area contributed by atoms with Crippen LogP contribution in [0.2, 0.25) is 0 Å². The van der Waals surface area contributed by atoms with Crippen LogP contribution < -0.4 is 11.1 Å². The van der Waals surface area contributed by atoms with E-state index >= 15 is 0 Å². The maximum atomic E-state index is 13.9. The van der Waals surface area contributed by atoms with E-state index in [-0.39, 0.29) is 17.5 Å². The molecule has 2 aliphatic rings. The molecule has 0 unspecified atom stereocenters. The van der Waals surface area contributed by atoms with Gasteiger partial charge < -0.3 is 20.7 Å². The van der Waals surface area contributed by atoms with E-state index < -0.39 is 17.3 Å².